The molecule has 0 heterocycles. The van der Waals surface area contributed by atoms with Gasteiger partial charge in [-0.1, -0.05) is 18.2 Å². The van der Waals surface area contributed by atoms with Crippen molar-refractivity contribution in [1.82, 2.24) is 0 Å². The summed E-state index contributed by atoms with van der Waals surface area (Å²) in [7, 11) is 0. The van der Waals surface area contributed by atoms with E-state index in [-0.39, 0.29) is 24.3 Å². The second-order valence-corrected chi connectivity index (χ2v) is 4.39. The second-order valence-electron chi connectivity index (χ2n) is 4.39. The second kappa shape index (κ2) is 5.89. The molecule has 0 amide bonds. The van der Waals surface area contributed by atoms with Gasteiger partial charge in [0.25, 0.3) is 0 Å². The van der Waals surface area contributed by atoms with Crippen molar-refractivity contribution in [2.24, 2.45) is 5.73 Å². The summed E-state index contributed by atoms with van der Waals surface area (Å²) in [5.41, 5.74) is 6.24. The van der Waals surface area contributed by atoms with E-state index >= 15 is 0 Å². The number of hydrogen-bond acceptors (Lipinski definition) is 1. The third kappa shape index (κ3) is 3.15. The summed E-state index contributed by atoms with van der Waals surface area (Å²) in [6.07, 6.45) is 0.240. The minimum atomic E-state index is -0.525. The normalized spacial score (nSPS) is 12.4. The first-order valence-corrected chi connectivity index (χ1v) is 6.00. The topological polar surface area (TPSA) is 26.0 Å². The van der Waals surface area contributed by atoms with Crippen LogP contribution in [0.4, 0.5) is 13.2 Å². The zero-order chi connectivity index (χ0) is 13.8. The van der Waals surface area contributed by atoms with Gasteiger partial charge < -0.3 is 5.73 Å². The van der Waals surface area contributed by atoms with Gasteiger partial charge in [-0.25, -0.2) is 13.2 Å². The van der Waals surface area contributed by atoms with E-state index in [2.05, 4.69) is 0 Å². The van der Waals surface area contributed by atoms with Gasteiger partial charge in [-0.3, -0.25) is 0 Å². The van der Waals surface area contributed by atoms with Gasteiger partial charge in [0.2, 0.25) is 0 Å². The van der Waals surface area contributed by atoms with Gasteiger partial charge in [-0.05, 0) is 48.4 Å². The average molecular weight is 265 g/mol. The van der Waals surface area contributed by atoms with Crippen LogP contribution in [0.1, 0.15) is 17.0 Å². The summed E-state index contributed by atoms with van der Waals surface area (Å²) in [6.45, 7) is 0.120. The maximum Gasteiger partial charge on any atom is 0.126 e. The Balaban J connectivity index is 2.30. The van der Waals surface area contributed by atoms with Crippen molar-refractivity contribution in [2.45, 2.75) is 12.3 Å². The van der Waals surface area contributed by atoms with Crippen molar-refractivity contribution in [1.29, 1.82) is 0 Å². The van der Waals surface area contributed by atoms with Crippen molar-refractivity contribution in [3.05, 3.63) is 71.0 Å². The predicted octanol–water partition coefficient (Wildman–Crippen LogP) is 3.39. The maximum absolute atomic E-state index is 13.7. The van der Waals surface area contributed by atoms with Crippen LogP contribution in [0.5, 0.6) is 0 Å². The maximum atomic E-state index is 13.7. The van der Waals surface area contributed by atoms with E-state index in [0.717, 1.165) is 18.2 Å². The van der Waals surface area contributed by atoms with Crippen LogP contribution < -0.4 is 5.73 Å². The highest BCUT2D eigenvalue weighted by atomic mass is 19.1. The summed E-state index contributed by atoms with van der Waals surface area (Å²) in [4.78, 5) is 0. The minimum absolute atomic E-state index is 0.120. The number of hydrogen-bond donors (Lipinski definition) is 1. The van der Waals surface area contributed by atoms with E-state index in [1.807, 2.05) is 0 Å². The zero-order valence-electron chi connectivity index (χ0n) is 10.2. The molecule has 0 spiro atoms. The Labute approximate surface area is 109 Å². The molecule has 2 rings (SSSR count). The standard InChI is InChI=1S/C15H14F3N/c16-12-5-6-15(18)13(8-12)11(9-19)7-10-3-1-2-4-14(10)17/h1-6,8,11H,7,9,19H2. The molecule has 0 aromatic heterocycles. The molecule has 0 aliphatic carbocycles. The molecule has 2 N–H and O–H groups in total. The molecule has 0 fully saturated rings. The van der Waals surface area contributed by atoms with Crippen molar-refractivity contribution >= 4 is 0 Å². The molecule has 0 saturated heterocycles. The first-order chi connectivity index (χ1) is 9.11. The minimum Gasteiger partial charge on any atom is -0.330 e. The molecule has 100 valence electrons. The summed E-state index contributed by atoms with van der Waals surface area (Å²) < 4.78 is 40.4. The van der Waals surface area contributed by atoms with Gasteiger partial charge in [-0.2, -0.15) is 0 Å². The highest BCUT2D eigenvalue weighted by Gasteiger charge is 2.17. The molecule has 0 saturated carbocycles. The van der Waals surface area contributed by atoms with Crippen LogP contribution in [0.3, 0.4) is 0 Å². The molecule has 0 aliphatic rings. The summed E-state index contributed by atoms with van der Waals surface area (Å²) in [5.74, 6) is -1.86. The fraction of sp³-hybridized carbons (Fsp3) is 0.200. The molecule has 1 unspecified atom stereocenters. The Kier molecular flexibility index (Phi) is 4.22. The van der Waals surface area contributed by atoms with Crippen molar-refractivity contribution < 1.29 is 13.2 Å². The van der Waals surface area contributed by atoms with Gasteiger partial charge in [0.15, 0.2) is 0 Å². The van der Waals surface area contributed by atoms with Crippen LogP contribution in [0.15, 0.2) is 42.5 Å². The zero-order valence-corrected chi connectivity index (χ0v) is 10.2. The number of halogens is 3. The van der Waals surface area contributed by atoms with E-state index in [1.54, 1.807) is 18.2 Å². The molecule has 2 aromatic carbocycles. The van der Waals surface area contributed by atoms with Crippen LogP contribution in [0.25, 0.3) is 0 Å². The smallest absolute Gasteiger partial charge is 0.126 e. The molecule has 4 heteroatoms. The Morgan fingerprint density at radius 2 is 1.68 bits per heavy atom. The molecule has 0 bridgehead atoms. The Bertz CT molecular complexity index is 569. The summed E-state index contributed by atoms with van der Waals surface area (Å²) in [5, 5.41) is 0. The van der Waals surface area contributed by atoms with Crippen LogP contribution in [0.2, 0.25) is 0 Å². The van der Waals surface area contributed by atoms with Gasteiger partial charge in [0.05, 0.1) is 0 Å². The van der Waals surface area contributed by atoms with E-state index < -0.39 is 17.6 Å². The van der Waals surface area contributed by atoms with Gasteiger partial charge in [-0.15, -0.1) is 0 Å². The molecule has 0 aliphatic heterocycles. The lowest BCUT2D eigenvalue weighted by molar-refractivity contribution is 0.547. The first kappa shape index (κ1) is 13.6. The molecule has 1 nitrogen and oxygen atoms in total. The van der Waals surface area contributed by atoms with E-state index in [4.69, 9.17) is 5.73 Å². The quantitative estimate of drug-likeness (QED) is 0.901. The van der Waals surface area contributed by atoms with E-state index in [9.17, 15) is 13.2 Å². The third-order valence-electron chi connectivity index (χ3n) is 3.11. The van der Waals surface area contributed by atoms with Crippen molar-refractivity contribution in [3.63, 3.8) is 0 Å². The molecular weight excluding hydrogens is 251 g/mol. The molecule has 0 radical (unpaired) electrons. The first-order valence-electron chi connectivity index (χ1n) is 6.00. The lowest BCUT2D eigenvalue weighted by atomic mass is 9.91. The average Bonchev–Trinajstić information content (AvgIpc) is 2.41. The molecule has 1 atom stereocenters. The molecular formula is C15H14F3N. The lowest BCUT2D eigenvalue weighted by Gasteiger charge is -2.16. The third-order valence-corrected chi connectivity index (χ3v) is 3.11. The van der Waals surface area contributed by atoms with E-state index in [1.165, 1.54) is 6.07 Å². The van der Waals surface area contributed by atoms with Gasteiger partial charge >= 0.3 is 0 Å². The molecule has 2 aromatic rings. The Hall–Kier alpha value is -1.81. The fourth-order valence-electron chi connectivity index (χ4n) is 2.08. The highest BCUT2D eigenvalue weighted by Crippen LogP contribution is 2.24. The fourth-order valence-corrected chi connectivity index (χ4v) is 2.08. The SMILES string of the molecule is NCC(Cc1ccccc1F)c1cc(F)ccc1F. The monoisotopic (exact) mass is 265 g/mol. The molecule has 19 heavy (non-hydrogen) atoms. The summed E-state index contributed by atoms with van der Waals surface area (Å²) in [6, 6.07) is 9.48. The van der Waals surface area contributed by atoms with E-state index in [0.29, 0.717) is 5.56 Å². The Morgan fingerprint density at radius 3 is 2.37 bits per heavy atom. The largest absolute Gasteiger partial charge is 0.330 e. The van der Waals surface area contributed by atoms with Crippen molar-refractivity contribution in [2.75, 3.05) is 6.54 Å². The summed E-state index contributed by atoms with van der Waals surface area (Å²) >= 11 is 0. The number of nitrogens with two attached hydrogens (primary N) is 1. The predicted molar refractivity (Wildman–Crippen MR) is 68.3 cm³/mol. The van der Waals surface area contributed by atoms with Gasteiger partial charge in [0.1, 0.15) is 17.5 Å². The van der Waals surface area contributed by atoms with Crippen LogP contribution in [-0.2, 0) is 6.42 Å². The van der Waals surface area contributed by atoms with Crippen LogP contribution >= 0.6 is 0 Å². The number of rotatable bonds is 4. The van der Waals surface area contributed by atoms with Gasteiger partial charge in [0, 0.05) is 5.92 Å². The van der Waals surface area contributed by atoms with Crippen molar-refractivity contribution in [3.8, 4) is 0 Å². The van der Waals surface area contributed by atoms with Crippen LogP contribution in [-0.4, -0.2) is 6.54 Å². The highest BCUT2D eigenvalue weighted by molar-refractivity contribution is 5.27. The Morgan fingerprint density at radius 1 is 0.947 bits per heavy atom. The lowest BCUT2D eigenvalue weighted by Crippen LogP contribution is -2.17. The van der Waals surface area contributed by atoms with Crippen LogP contribution in [0, 0.1) is 17.5 Å². The number of benzene rings is 2.